The predicted molar refractivity (Wildman–Crippen MR) is 72.6 cm³/mol. The molecule has 0 bridgehead atoms. The number of aromatic nitrogens is 3. The van der Waals surface area contributed by atoms with E-state index in [1.54, 1.807) is 24.4 Å². The highest BCUT2D eigenvalue weighted by Gasteiger charge is 2.30. The monoisotopic (exact) mass is 305 g/mol. The lowest BCUT2D eigenvalue weighted by atomic mass is 10.1. The van der Waals surface area contributed by atoms with Crippen LogP contribution in [0.3, 0.4) is 0 Å². The fraction of sp³-hybridized carbons (Fsp3) is 0.133. The third kappa shape index (κ3) is 2.83. The van der Waals surface area contributed by atoms with Gasteiger partial charge in [-0.05, 0) is 23.8 Å². The van der Waals surface area contributed by atoms with E-state index in [4.69, 9.17) is 0 Å². The molecule has 3 aromatic rings. The second-order valence-electron chi connectivity index (χ2n) is 4.78. The van der Waals surface area contributed by atoms with Crippen LogP contribution in [0, 0.1) is 0 Å². The number of aldehydes is 1. The average molecular weight is 305 g/mol. The first-order valence-corrected chi connectivity index (χ1v) is 6.42. The van der Waals surface area contributed by atoms with Crippen LogP contribution >= 0.6 is 0 Å². The van der Waals surface area contributed by atoms with Crippen LogP contribution in [-0.4, -0.2) is 20.9 Å². The number of nitrogens with zero attached hydrogens (tertiary/aromatic N) is 3. The van der Waals surface area contributed by atoms with Crippen LogP contribution in [0.15, 0.2) is 42.6 Å². The van der Waals surface area contributed by atoms with E-state index in [-0.39, 0.29) is 6.42 Å². The summed E-state index contributed by atoms with van der Waals surface area (Å²) in [6.45, 7) is 0. The number of hydrogen-bond acceptors (Lipinski definition) is 3. The number of rotatable bonds is 3. The van der Waals surface area contributed by atoms with E-state index in [0.29, 0.717) is 28.9 Å². The van der Waals surface area contributed by atoms with Gasteiger partial charge in [-0.25, -0.2) is 9.50 Å². The average Bonchev–Trinajstić information content (AvgIpc) is 2.87. The van der Waals surface area contributed by atoms with Crippen molar-refractivity contribution < 1.29 is 18.0 Å². The van der Waals surface area contributed by atoms with Crippen LogP contribution in [0.2, 0.25) is 0 Å². The Hall–Kier alpha value is -2.70. The van der Waals surface area contributed by atoms with Gasteiger partial charge in [0.15, 0.2) is 11.5 Å². The molecule has 4 nitrogen and oxygen atoms in total. The van der Waals surface area contributed by atoms with Crippen molar-refractivity contribution in [2.24, 2.45) is 0 Å². The van der Waals surface area contributed by atoms with Crippen LogP contribution in [0.4, 0.5) is 13.2 Å². The maximum absolute atomic E-state index is 12.7. The van der Waals surface area contributed by atoms with Gasteiger partial charge in [-0.2, -0.15) is 18.3 Å². The molecule has 2 heterocycles. The summed E-state index contributed by atoms with van der Waals surface area (Å²) in [7, 11) is 0. The first-order chi connectivity index (χ1) is 10.5. The third-order valence-electron chi connectivity index (χ3n) is 3.16. The molecule has 1 aromatic carbocycles. The number of carbonyl (C=O) groups excluding carboxylic acids is 1. The maximum atomic E-state index is 12.7. The van der Waals surface area contributed by atoms with Crippen molar-refractivity contribution in [1.29, 1.82) is 0 Å². The molecule has 2 aromatic heterocycles. The van der Waals surface area contributed by atoms with Gasteiger partial charge in [-0.1, -0.05) is 18.2 Å². The number of carbonyl (C=O) groups is 1. The van der Waals surface area contributed by atoms with E-state index >= 15 is 0 Å². The summed E-state index contributed by atoms with van der Waals surface area (Å²) < 4.78 is 39.5. The zero-order valence-electron chi connectivity index (χ0n) is 11.2. The van der Waals surface area contributed by atoms with Gasteiger partial charge in [0.25, 0.3) is 0 Å². The Morgan fingerprint density at radius 2 is 2.00 bits per heavy atom. The summed E-state index contributed by atoms with van der Waals surface area (Å²) in [6, 6.07) is 8.22. The highest BCUT2D eigenvalue weighted by molar-refractivity contribution is 5.76. The summed E-state index contributed by atoms with van der Waals surface area (Å²) in [4.78, 5) is 14.9. The Morgan fingerprint density at radius 3 is 2.73 bits per heavy atom. The molecule has 112 valence electrons. The summed E-state index contributed by atoms with van der Waals surface area (Å²) >= 11 is 0. The van der Waals surface area contributed by atoms with Crippen molar-refractivity contribution in [2.75, 3.05) is 0 Å². The molecule has 0 radical (unpaired) electrons. The Morgan fingerprint density at radius 1 is 1.18 bits per heavy atom. The van der Waals surface area contributed by atoms with Gasteiger partial charge in [0, 0.05) is 18.2 Å². The molecule has 0 fully saturated rings. The van der Waals surface area contributed by atoms with E-state index < -0.39 is 11.7 Å². The summed E-state index contributed by atoms with van der Waals surface area (Å²) in [6.07, 6.45) is -1.91. The van der Waals surface area contributed by atoms with E-state index in [1.165, 1.54) is 10.6 Å². The maximum Gasteiger partial charge on any atom is 0.416 e. The van der Waals surface area contributed by atoms with E-state index in [9.17, 15) is 18.0 Å². The first-order valence-electron chi connectivity index (χ1n) is 6.42. The van der Waals surface area contributed by atoms with Crippen LogP contribution in [0.1, 0.15) is 27.3 Å². The molecule has 0 N–H and O–H groups in total. The molecule has 7 heteroatoms. The standard InChI is InChI=1S/C15H10F3N3O/c16-15(17,18)12-3-1-2-10(6-12)7-13-19-14-8-11(9-22)4-5-21(14)20-13/h1-6,8-9H,7H2. The lowest BCUT2D eigenvalue weighted by Gasteiger charge is -2.07. The molecule has 0 aliphatic rings. The van der Waals surface area contributed by atoms with Crippen molar-refractivity contribution in [2.45, 2.75) is 12.6 Å². The second kappa shape index (κ2) is 5.25. The second-order valence-corrected chi connectivity index (χ2v) is 4.78. The summed E-state index contributed by atoms with van der Waals surface area (Å²) in [5, 5.41) is 4.18. The fourth-order valence-electron chi connectivity index (χ4n) is 2.13. The molecule has 0 amide bonds. The van der Waals surface area contributed by atoms with Crippen molar-refractivity contribution in [3.8, 4) is 0 Å². The van der Waals surface area contributed by atoms with Crippen LogP contribution in [-0.2, 0) is 12.6 Å². The summed E-state index contributed by atoms with van der Waals surface area (Å²) in [5.74, 6) is 0.391. The Labute approximate surface area is 123 Å². The zero-order chi connectivity index (χ0) is 15.7. The number of benzene rings is 1. The van der Waals surface area contributed by atoms with Crippen LogP contribution in [0.5, 0.6) is 0 Å². The number of fused-ring (bicyclic) bond motifs is 1. The van der Waals surface area contributed by atoms with Crippen molar-refractivity contribution in [1.82, 2.24) is 14.6 Å². The molecule has 0 spiro atoms. The Bertz CT molecular complexity index is 839. The Kier molecular flexibility index (Phi) is 3.40. The molecule has 0 saturated carbocycles. The summed E-state index contributed by atoms with van der Waals surface area (Å²) in [5.41, 5.74) is 0.718. The molecule has 0 aliphatic heterocycles. The molecule has 0 atom stereocenters. The van der Waals surface area contributed by atoms with Crippen LogP contribution in [0.25, 0.3) is 5.65 Å². The highest BCUT2D eigenvalue weighted by Crippen LogP contribution is 2.29. The van der Waals surface area contributed by atoms with E-state index in [1.807, 2.05) is 0 Å². The number of alkyl halides is 3. The molecule has 0 aliphatic carbocycles. The van der Waals surface area contributed by atoms with Gasteiger partial charge in [0.1, 0.15) is 6.29 Å². The van der Waals surface area contributed by atoms with Crippen molar-refractivity contribution in [3.05, 3.63) is 65.1 Å². The van der Waals surface area contributed by atoms with Crippen LogP contribution < -0.4 is 0 Å². The molecule has 22 heavy (non-hydrogen) atoms. The molecule has 0 saturated heterocycles. The largest absolute Gasteiger partial charge is 0.416 e. The lowest BCUT2D eigenvalue weighted by Crippen LogP contribution is -2.05. The zero-order valence-corrected chi connectivity index (χ0v) is 11.2. The fourth-order valence-corrected chi connectivity index (χ4v) is 2.13. The van der Waals surface area contributed by atoms with Gasteiger partial charge in [-0.3, -0.25) is 4.79 Å². The third-order valence-corrected chi connectivity index (χ3v) is 3.16. The van der Waals surface area contributed by atoms with Gasteiger partial charge in [0.2, 0.25) is 0 Å². The lowest BCUT2D eigenvalue weighted by molar-refractivity contribution is -0.137. The predicted octanol–water partition coefficient (Wildman–Crippen LogP) is 3.15. The van der Waals surface area contributed by atoms with Gasteiger partial charge in [-0.15, -0.1) is 0 Å². The van der Waals surface area contributed by atoms with E-state index in [2.05, 4.69) is 10.1 Å². The van der Waals surface area contributed by atoms with E-state index in [0.717, 1.165) is 12.1 Å². The minimum atomic E-state index is -4.37. The quantitative estimate of drug-likeness (QED) is 0.698. The number of hydrogen-bond donors (Lipinski definition) is 0. The van der Waals surface area contributed by atoms with Crippen molar-refractivity contribution >= 4 is 11.9 Å². The van der Waals surface area contributed by atoms with Gasteiger partial charge in [0.05, 0.1) is 5.56 Å². The minimum absolute atomic E-state index is 0.183. The molecule has 3 rings (SSSR count). The van der Waals surface area contributed by atoms with Crippen molar-refractivity contribution in [3.63, 3.8) is 0 Å². The minimum Gasteiger partial charge on any atom is -0.298 e. The number of pyridine rings is 1. The molecular weight excluding hydrogens is 295 g/mol. The van der Waals surface area contributed by atoms with Gasteiger partial charge < -0.3 is 0 Å². The first kappa shape index (κ1) is 14.2. The topological polar surface area (TPSA) is 47.3 Å². The Balaban J connectivity index is 1.91. The number of halogens is 3. The smallest absolute Gasteiger partial charge is 0.298 e. The highest BCUT2D eigenvalue weighted by atomic mass is 19.4. The molecule has 0 unspecified atom stereocenters. The normalized spacial score (nSPS) is 11.8. The van der Waals surface area contributed by atoms with Gasteiger partial charge >= 0.3 is 6.18 Å². The SMILES string of the molecule is O=Cc1ccn2nc(Cc3cccc(C(F)(F)F)c3)nc2c1. The molecular formula is C15H10F3N3O.